The summed E-state index contributed by atoms with van der Waals surface area (Å²) in [6, 6.07) is 0.266. The van der Waals surface area contributed by atoms with Crippen LogP contribution >= 0.6 is 11.3 Å². The minimum absolute atomic E-state index is 0.208. The van der Waals surface area contributed by atoms with E-state index in [-0.39, 0.29) is 12.0 Å². The van der Waals surface area contributed by atoms with E-state index in [0.717, 1.165) is 43.9 Å². The van der Waals surface area contributed by atoms with Crippen molar-refractivity contribution in [3.63, 3.8) is 0 Å². The highest BCUT2D eigenvalue weighted by Gasteiger charge is 2.27. The summed E-state index contributed by atoms with van der Waals surface area (Å²) in [7, 11) is 0. The number of carbonyl (C=O) groups excluding carboxylic acids is 1. The second-order valence-electron chi connectivity index (χ2n) is 5.33. The summed E-state index contributed by atoms with van der Waals surface area (Å²) >= 11 is 1.66. The monoisotopic (exact) mass is 281 g/mol. The highest BCUT2D eigenvalue weighted by atomic mass is 32.1. The van der Waals surface area contributed by atoms with Gasteiger partial charge in [-0.15, -0.1) is 11.3 Å². The Labute approximate surface area is 119 Å². The first-order chi connectivity index (χ1) is 9.18. The third-order valence-electron chi connectivity index (χ3n) is 3.64. The molecule has 0 aromatic carbocycles. The lowest BCUT2D eigenvalue weighted by Gasteiger charge is -2.32. The van der Waals surface area contributed by atoms with Crippen LogP contribution in [0.25, 0.3) is 0 Å². The summed E-state index contributed by atoms with van der Waals surface area (Å²) in [5.41, 5.74) is 0. The van der Waals surface area contributed by atoms with E-state index in [0.29, 0.717) is 5.91 Å². The van der Waals surface area contributed by atoms with Gasteiger partial charge in [0.05, 0.1) is 5.01 Å². The lowest BCUT2D eigenvalue weighted by Crippen LogP contribution is -2.45. The zero-order chi connectivity index (χ0) is 13.7. The van der Waals surface area contributed by atoms with Crippen molar-refractivity contribution in [2.75, 3.05) is 19.6 Å². The number of hydrogen-bond acceptors (Lipinski definition) is 4. The van der Waals surface area contributed by atoms with E-state index >= 15 is 0 Å². The summed E-state index contributed by atoms with van der Waals surface area (Å²) in [6.45, 7) is 6.92. The van der Waals surface area contributed by atoms with E-state index in [1.807, 2.05) is 16.5 Å². The maximum Gasteiger partial charge on any atom is 0.226 e. The average Bonchev–Trinajstić information content (AvgIpc) is 2.92. The molecule has 106 valence electrons. The van der Waals surface area contributed by atoms with Crippen LogP contribution in [0.4, 0.5) is 0 Å². The third-order valence-corrected chi connectivity index (χ3v) is 4.48. The smallest absolute Gasteiger partial charge is 0.226 e. The van der Waals surface area contributed by atoms with Crippen molar-refractivity contribution in [1.82, 2.24) is 15.2 Å². The Balaban J connectivity index is 1.92. The van der Waals surface area contributed by atoms with Crippen molar-refractivity contribution in [2.45, 2.75) is 39.2 Å². The lowest BCUT2D eigenvalue weighted by atomic mass is 9.96. The highest BCUT2D eigenvalue weighted by molar-refractivity contribution is 7.09. The van der Waals surface area contributed by atoms with Crippen LogP contribution < -0.4 is 5.32 Å². The van der Waals surface area contributed by atoms with Crippen molar-refractivity contribution in [2.24, 2.45) is 5.92 Å². The predicted molar refractivity (Wildman–Crippen MR) is 78.3 cm³/mol. The SMILES string of the molecule is CC(C)N(CCc1nccs1)C(=O)C1CCNCC1. The molecular formula is C14H23N3OS. The summed E-state index contributed by atoms with van der Waals surface area (Å²) in [4.78, 5) is 18.9. The average molecular weight is 281 g/mol. The first-order valence-corrected chi connectivity index (χ1v) is 7.96. The zero-order valence-corrected chi connectivity index (χ0v) is 12.6. The number of hydrogen-bond donors (Lipinski definition) is 1. The van der Waals surface area contributed by atoms with Gasteiger partial charge in [-0.25, -0.2) is 4.98 Å². The van der Waals surface area contributed by atoms with E-state index < -0.39 is 0 Å². The maximum atomic E-state index is 12.6. The molecule has 2 rings (SSSR count). The lowest BCUT2D eigenvalue weighted by molar-refractivity contribution is -0.138. The van der Waals surface area contributed by atoms with Gasteiger partial charge < -0.3 is 10.2 Å². The Morgan fingerprint density at radius 2 is 2.26 bits per heavy atom. The first kappa shape index (κ1) is 14.5. The second kappa shape index (κ2) is 7.01. The topological polar surface area (TPSA) is 45.2 Å². The summed E-state index contributed by atoms with van der Waals surface area (Å²) in [6.07, 6.45) is 4.64. The summed E-state index contributed by atoms with van der Waals surface area (Å²) < 4.78 is 0. The van der Waals surface area contributed by atoms with Crippen LogP contribution in [-0.2, 0) is 11.2 Å². The molecule has 1 aliphatic rings. The van der Waals surface area contributed by atoms with Crippen molar-refractivity contribution < 1.29 is 4.79 Å². The number of amides is 1. The molecule has 0 atom stereocenters. The molecule has 1 aromatic heterocycles. The molecule has 0 aliphatic carbocycles. The van der Waals surface area contributed by atoms with Gasteiger partial charge in [-0.05, 0) is 39.8 Å². The third kappa shape index (κ3) is 4.01. The molecule has 5 heteroatoms. The Morgan fingerprint density at radius 1 is 1.53 bits per heavy atom. The summed E-state index contributed by atoms with van der Waals surface area (Å²) in [5, 5.41) is 6.42. The standard InChI is InChI=1S/C14H23N3OS/c1-11(2)17(9-5-13-16-8-10-19-13)14(18)12-3-6-15-7-4-12/h8,10-12,15H,3-7,9H2,1-2H3. The van der Waals surface area contributed by atoms with Crippen molar-refractivity contribution in [3.8, 4) is 0 Å². The maximum absolute atomic E-state index is 12.6. The molecule has 1 fully saturated rings. The van der Waals surface area contributed by atoms with E-state index in [2.05, 4.69) is 24.1 Å². The number of carbonyl (C=O) groups is 1. The fourth-order valence-electron chi connectivity index (χ4n) is 2.52. The van der Waals surface area contributed by atoms with Crippen LogP contribution in [0, 0.1) is 5.92 Å². The molecule has 19 heavy (non-hydrogen) atoms. The number of piperidine rings is 1. The Morgan fingerprint density at radius 3 is 2.84 bits per heavy atom. The van der Waals surface area contributed by atoms with E-state index in [1.54, 1.807) is 11.3 Å². The van der Waals surface area contributed by atoms with Crippen LogP contribution in [0.15, 0.2) is 11.6 Å². The van der Waals surface area contributed by atoms with Gasteiger partial charge in [0.25, 0.3) is 0 Å². The van der Waals surface area contributed by atoms with Gasteiger partial charge in [-0.1, -0.05) is 0 Å². The normalized spacial score (nSPS) is 16.8. The van der Waals surface area contributed by atoms with Crippen LogP contribution in [0.2, 0.25) is 0 Å². The van der Waals surface area contributed by atoms with Crippen LogP contribution in [0.5, 0.6) is 0 Å². The van der Waals surface area contributed by atoms with Gasteiger partial charge in [0.1, 0.15) is 0 Å². The molecule has 1 amide bonds. The van der Waals surface area contributed by atoms with E-state index in [4.69, 9.17) is 0 Å². The molecule has 1 N–H and O–H groups in total. The Hall–Kier alpha value is -0.940. The van der Waals surface area contributed by atoms with Gasteiger partial charge >= 0.3 is 0 Å². The fourth-order valence-corrected chi connectivity index (χ4v) is 3.13. The molecular weight excluding hydrogens is 258 g/mol. The number of rotatable bonds is 5. The quantitative estimate of drug-likeness (QED) is 0.897. The molecule has 0 spiro atoms. The van der Waals surface area contributed by atoms with Crippen LogP contribution in [-0.4, -0.2) is 41.5 Å². The Bertz CT molecular complexity index is 385. The van der Waals surface area contributed by atoms with Crippen molar-refractivity contribution >= 4 is 17.2 Å². The van der Waals surface area contributed by atoms with Gasteiger partial charge in [-0.3, -0.25) is 4.79 Å². The molecule has 0 bridgehead atoms. The highest BCUT2D eigenvalue weighted by Crippen LogP contribution is 2.17. The van der Waals surface area contributed by atoms with E-state index in [9.17, 15) is 4.79 Å². The van der Waals surface area contributed by atoms with Crippen molar-refractivity contribution in [3.05, 3.63) is 16.6 Å². The number of nitrogens with zero attached hydrogens (tertiary/aromatic N) is 2. The summed E-state index contributed by atoms with van der Waals surface area (Å²) in [5.74, 6) is 0.535. The van der Waals surface area contributed by atoms with Gasteiger partial charge in [0.2, 0.25) is 5.91 Å². The minimum atomic E-state index is 0.208. The van der Waals surface area contributed by atoms with E-state index in [1.165, 1.54) is 0 Å². The van der Waals surface area contributed by atoms with Crippen LogP contribution in [0.3, 0.4) is 0 Å². The Kier molecular flexibility index (Phi) is 5.34. The molecule has 2 heterocycles. The molecule has 1 aliphatic heterocycles. The molecule has 4 nitrogen and oxygen atoms in total. The van der Waals surface area contributed by atoms with Gasteiger partial charge in [-0.2, -0.15) is 0 Å². The minimum Gasteiger partial charge on any atom is -0.340 e. The number of nitrogens with one attached hydrogen (secondary N) is 1. The number of thiazole rings is 1. The second-order valence-corrected chi connectivity index (χ2v) is 6.30. The van der Waals surface area contributed by atoms with Gasteiger partial charge in [0, 0.05) is 36.5 Å². The van der Waals surface area contributed by atoms with Crippen LogP contribution in [0.1, 0.15) is 31.7 Å². The molecule has 0 radical (unpaired) electrons. The molecule has 1 saturated heterocycles. The van der Waals surface area contributed by atoms with Gasteiger partial charge in [0.15, 0.2) is 0 Å². The zero-order valence-electron chi connectivity index (χ0n) is 11.8. The fraction of sp³-hybridized carbons (Fsp3) is 0.714. The van der Waals surface area contributed by atoms with Crippen molar-refractivity contribution in [1.29, 1.82) is 0 Å². The first-order valence-electron chi connectivity index (χ1n) is 7.08. The predicted octanol–water partition coefficient (Wildman–Crippen LogP) is 1.92. The molecule has 1 aromatic rings. The molecule has 0 unspecified atom stereocenters. The number of aromatic nitrogens is 1. The molecule has 0 saturated carbocycles. The largest absolute Gasteiger partial charge is 0.340 e.